The zero-order valence-corrected chi connectivity index (χ0v) is 21.8. The Morgan fingerprint density at radius 1 is 0.574 bits per heavy atom. The van der Waals surface area contributed by atoms with E-state index < -0.39 is 109 Å². The van der Waals surface area contributed by atoms with Crippen LogP contribution in [-0.4, -0.2) is 95.4 Å². The minimum Gasteiger partial charge on any atom is -0.460 e. The molecular formula is C20H14F24O3. The van der Waals surface area contributed by atoms with E-state index in [1.165, 1.54) is 0 Å². The molecule has 0 aliphatic carbocycles. The van der Waals surface area contributed by atoms with Gasteiger partial charge in [-0.3, -0.25) is 0 Å². The maximum Gasteiger partial charge on any atom is 0.385 e. The zero-order valence-electron chi connectivity index (χ0n) is 21.8. The van der Waals surface area contributed by atoms with Gasteiger partial charge < -0.3 is 9.84 Å². The molecule has 0 amide bonds. The summed E-state index contributed by atoms with van der Waals surface area (Å²) < 4.78 is 328. The molecule has 0 aromatic rings. The van der Waals surface area contributed by atoms with E-state index in [0.717, 1.165) is 6.92 Å². The molecule has 47 heavy (non-hydrogen) atoms. The normalized spacial score (nSPS) is 16.4. The van der Waals surface area contributed by atoms with E-state index in [4.69, 9.17) is 0 Å². The fourth-order valence-electron chi connectivity index (χ4n) is 2.84. The van der Waals surface area contributed by atoms with Crippen molar-refractivity contribution in [2.24, 2.45) is 0 Å². The summed E-state index contributed by atoms with van der Waals surface area (Å²) in [6, 6.07) is 0. The van der Waals surface area contributed by atoms with Crippen LogP contribution in [0, 0.1) is 0 Å². The van der Waals surface area contributed by atoms with Gasteiger partial charge in [-0.25, -0.2) is 13.6 Å². The van der Waals surface area contributed by atoms with Crippen LogP contribution in [0.1, 0.15) is 19.8 Å². The number of carbonyl (C=O) groups is 1. The Morgan fingerprint density at radius 3 is 1.13 bits per heavy atom. The standard InChI is InChI=1S/C20H14F24O3/c1-6(2)8(46)47-5-7(45)3-4-10(23,24)12(27,28)14(31,32)16(35,36)18(39,40)20(43,44)19(41,42)17(37,38)15(33,34)13(29,30)11(25,26)9(21)22/h7,9,45H,1,3-5H2,2H3. The van der Waals surface area contributed by atoms with Gasteiger partial charge >= 0.3 is 77.5 Å². The lowest BCUT2D eigenvalue weighted by atomic mass is 9.84. The number of hydrogen-bond acceptors (Lipinski definition) is 3. The molecule has 27 heteroatoms. The van der Waals surface area contributed by atoms with E-state index in [0.29, 0.717) is 0 Å². The Kier molecular flexibility index (Phi) is 11.8. The summed E-state index contributed by atoms with van der Waals surface area (Å²) in [6.45, 7) is 2.38. The lowest BCUT2D eigenvalue weighted by Crippen LogP contribution is -2.78. The number of ether oxygens (including phenoxy) is 1. The van der Waals surface area contributed by atoms with E-state index in [1.807, 2.05) is 0 Å². The first-order valence-electron chi connectivity index (χ1n) is 11.1. The van der Waals surface area contributed by atoms with Crippen molar-refractivity contribution in [2.45, 2.75) is 97.4 Å². The van der Waals surface area contributed by atoms with Gasteiger partial charge in [0, 0.05) is 12.0 Å². The number of carbonyl (C=O) groups excluding carboxylic acids is 1. The molecule has 0 aromatic heterocycles. The number of aliphatic hydroxyl groups is 1. The van der Waals surface area contributed by atoms with Crippen LogP contribution in [0.5, 0.6) is 0 Å². The van der Waals surface area contributed by atoms with Crippen molar-refractivity contribution in [3.05, 3.63) is 12.2 Å². The summed E-state index contributed by atoms with van der Waals surface area (Å²) in [4.78, 5) is 11.1. The lowest BCUT2D eigenvalue weighted by molar-refractivity contribution is -0.476. The lowest BCUT2D eigenvalue weighted by Gasteiger charge is -2.45. The van der Waals surface area contributed by atoms with Gasteiger partial charge in [-0.15, -0.1) is 0 Å². The summed E-state index contributed by atoms with van der Waals surface area (Å²) in [6.07, 6.45) is -14.1. The van der Waals surface area contributed by atoms with Gasteiger partial charge in [-0.05, 0) is 13.3 Å². The van der Waals surface area contributed by atoms with Crippen LogP contribution in [-0.2, 0) is 9.53 Å². The first-order valence-corrected chi connectivity index (χ1v) is 11.1. The molecule has 0 radical (unpaired) electrons. The Morgan fingerprint density at radius 2 is 0.851 bits per heavy atom. The number of aliphatic hydroxyl groups excluding tert-OH is 1. The summed E-state index contributed by atoms with van der Waals surface area (Å²) in [5, 5.41) is 9.28. The van der Waals surface area contributed by atoms with Crippen LogP contribution in [0.25, 0.3) is 0 Å². The van der Waals surface area contributed by atoms with Gasteiger partial charge in [0.1, 0.15) is 6.61 Å². The Bertz CT molecular complexity index is 1140. The van der Waals surface area contributed by atoms with E-state index in [-0.39, 0.29) is 0 Å². The zero-order chi connectivity index (χ0) is 38.6. The molecule has 0 aliphatic rings. The van der Waals surface area contributed by atoms with Gasteiger partial charge in [0.2, 0.25) is 0 Å². The van der Waals surface area contributed by atoms with E-state index in [1.54, 1.807) is 0 Å². The van der Waals surface area contributed by atoms with Crippen molar-refractivity contribution in [1.82, 2.24) is 0 Å². The average molecular weight is 758 g/mol. The highest BCUT2D eigenvalue weighted by Gasteiger charge is 2.98. The second kappa shape index (κ2) is 12.4. The van der Waals surface area contributed by atoms with E-state index in [2.05, 4.69) is 11.3 Å². The number of alkyl halides is 24. The van der Waals surface area contributed by atoms with Gasteiger partial charge in [0.05, 0.1) is 6.10 Å². The number of rotatable bonds is 17. The van der Waals surface area contributed by atoms with Crippen LogP contribution in [0.15, 0.2) is 12.2 Å². The molecule has 0 heterocycles. The van der Waals surface area contributed by atoms with Crippen LogP contribution in [0.4, 0.5) is 105 Å². The molecule has 0 rings (SSSR count). The summed E-state index contributed by atoms with van der Waals surface area (Å²) in [5.41, 5.74) is -0.472. The fraction of sp³-hybridized carbons (Fsp3) is 0.850. The molecule has 0 saturated heterocycles. The number of halogens is 24. The molecule has 1 unspecified atom stereocenters. The number of hydrogen-bond donors (Lipinski definition) is 1. The molecule has 0 aromatic carbocycles. The largest absolute Gasteiger partial charge is 0.460 e. The van der Waals surface area contributed by atoms with Crippen molar-refractivity contribution < 1.29 is 120 Å². The highest BCUT2D eigenvalue weighted by atomic mass is 19.4. The van der Waals surface area contributed by atoms with Gasteiger partial charge in [0.15, 0.2) is 0 Å². The first-order chi connectivity index (χ1) is 20.2. The highest BCUT2D eigenvalue weighted by Crippen LogP contribution is 2.67. The quantitative estimate of drug-likeness (QED) is 0.0921. The second-order valence-corrected chi connectivity index (χ2v) is 9.37. The van der Waals surface area contributed by atoms with E-state index >= 15 is 0 Å². The molecule has 0 spiro atoms. The van der Waals surface area contributed by atoms with Crippen molar-refractivity contribution in [2.75, 3.05) is 6.61 Å². The molecule has 280 valence electrons. The summed E-state index contributed by atoms with van der Waals surface area (Å²) in [7, 11) is 0. The minimum atomic E-state index is -9.54. The molecule has 0 fully saturated rings. The Balaban J connectivity index is 6.87. The van der Waals surface area contributed by atoms with Crippen molar-refractivity contribution >= 4 is 5.97 Å². The van der Waals surface area contributed by atoms with Crippen molar-refractivity contribution in [3.8, 4) is 0 Å². The predicted molar refractivity (Wildman–Crippen MR) is 101 cm³/mol. The maximum absolute atomic E-state index is 13.9. The van der Waals surface area contributed by atoms with Crippen LogP contribution >= 0.6 is 0 Å². The highest BCUT2D eigenvalue weighted by molar-refractivity contribution is 5.86. The molecule has 3 nitrogen and oxygen atoms in total. The fourth-order valence-corrected chi connectivity index (χ4v) is 2.84. The second-order valence-electron chi connectivity index (χ2n) is 9.37. The van der Waals surface area contributed by atoms with Crippen molar-refractivity contribution in [1.29, 1.82) is 0 Å². The van der Waals surface area contributed by atoms with Gasteiger partial charge in [0.25, 0.3) is 0 Å². The minimum absolute atomic E-state index is 0.472. The molecule has 0 bridgehead atoms. The third-order valence-electron chi connectivity index (χ3n) is 5.85. The van der Waals surface area contributed by atoms with Crippen LogP contribution in [0.2, 0.25) is 0 Å². The average Bonchev–Trinajstić information content (AvgIpc) is 2.88. The van der Waals surface area contributed by atoms with Gasteiger partial charge in [-0.2, -0.15) is 96.6 Å². The molecular weight excluding hydrogens is 744 g/mol. The third-order valence-corrected chi connectivity index (χ3v) is 5.85. The van der Waals surface area contributed by atoms with Crippen molar-refractivity contribution in [3.63, 3.8) is 0 Å². The molecule has 0 aliphatic heterocycles. The predicted octanol–water partition coefficient (Wildman–Crippen LogP) is 8.50. The first kappa shape index (κ1) is 44.5. The molecule has 1 N–H and O–H groups in total. The number of esters is 1. The van der Waals surface area contributed by atoms with Crippen LogP contribution in [0.3, 0.4) is 0 Å². The summed E-state index contributed by atoms with van der Waals surface area (Å²) in [5.74, 6) is -98.4. The maximum atomic E-state index is 13.9. The topological polar surface area (TPSA) is 46.5 Å². The molecule has 0 saturated carbocycles. The van der Waals surface area contributed by atoms with E-state index in [9.17, 15) is 115 Å². The molecule has 1 atom stereocenters. The third kappa shape index (κ3) is 6.36. The van der Waals surface area contributed by atoms with Crippen LogP contribution < -0.4 is 0 Å². The Labute approximate surface area is 243 Å². The van der Waals surface area contributed by atoms with Gasteiger partial charge in [-0.1, -0.05) is 6.58 Å². The SMILES string of the molecule is C=C(C)C(=O)OCC(O)CCC(F)(F)C(F)(F)C(F)(F)C(F)(F)C(F)(F)C(F)(F)C(F)(F)C(F)(F)C(F)(F)C(F)(F)C(F)(F)C(F)F. The Hall–Kier alpha value is -2.51. The summed E-state index contributed by atoms with van der Waals surface area (Å²) >= 11 is 0. The smallest absolute Gasteiger partial charge is 0.385 e. The monoisotopic (exact) mass is 758 g/mol.